The largest absolute Gasteiger partial charge is 0.496 e. The fraction of sp³-hybridized carbons (Fsp3) is 0.133. The summed E-state index contributed by atoms with van der Waals surface area (Å²) in [5.41, 5.74) is 2.33. The van der Waals surface area contributed by atoms with Gasteiger partial charge in [0.2, 0.25) is 0 Å². The Morgan fingerprint density at radius 2 is 1.84 bits per heavy atom. The van der Waals surface area contributed by atoms with Crippen molar-refractivity contribution >= 4 is 11.1 Å². The van der Waals surface area contributed by atoms with E-state index < -0.39 is 0 Å². The number of hydrogen-bond acceptors (Lipinski definition) is 3. The average Bonchev–Trinajstić information content (AvgIpc) is 2.76. The van der Waals surface area contributed by atoms with Crippen LogP contribution in [0.15, 0.2) is 57.7 Å². The molecule has 0 unspecified atom stereocenters. The highest BCUT2D eigenvalue weighted by molar-refractivity contribution is 5.72. The Balaban J connectivity index is 2.11. The monoisotopic (exact) mass is 255 g/mol. The number of aromatic nitrogens is 1. The summed E-state index contributed by atoms with van der Waals surface area (Å²) in [7, 11) is 1.62. The molecular formula is C15H13NO3. The molecule has 0 aliphatic carbocycles. The second-order valence-electron chi connectivity index (χ2n) is 4.23. The quantitative estimate of drug-likeness (QED) is 0.722. The summed E-state index contributed by atoms with van der Waals surface area (Å²) in [5.74, 6) is 0.409. The SMILES string of the molecule is COc1ccccc1Cn1c(=O)oc2ccccc21. The molecule has 1 heterocycles. The van der Waals surface area contributed by atoms with Gasteiger partial charge in [0.25, 0.3) is 0 Å². The third-order valence-corrected chi connectivity index (χ3v) is 3.09. The lowest BCUT2D eigenvalue weighted by Crippen LogP contribution is -2.15. The van der Waals surface area contributed by atoms with E-state index in [9.17, 15) is 4.79 Å². The van der Waals surface area contributed by atoms with Gasteiger partial charge in [-0.3, -0.25) is 4.57 Å². The van der Waals surface area contributed by atoms with Crippen molar-refractivity contribution in [1.29, 1.82) is 0 Å². The first-order chi connectivity index (χ1) is 9.29. The molecule has 19 heavy (non-hydrogen) atoms. The molecule has 4 nitrogen and oxygen atoms in total. The van der Waals surface area contributed by atoms with Crippen LogP contribution in [0.4, 0.5) is 0 Å². The normalized spacial score (nSPS) is 10.8. The van der Waals surface area contributed by atoms with E-state index in [4.69, 9.17) is 9.15 Å². The minimum Gasteiger partial charge on any atom is -0.496 e. The third kappa shape index (κ3) is 2.01. The minimum absolute atomic E-state index is 0.355. The van der Waals surface area contributed by atoms with Gasteiger partial charge in [-0.15, -0.1) is 0 Å². The third-order valence-electron chi connectivity index (χ3n) is 3.09. The number of ether oxygens (including phenoxy) is 1. The van der Waals surface area contributed by atoms with Crippen LogP contribution in [-0.4, -0.2) is 11.7 Å². The smallest absolute Gasteiger partial charge is 0.420 e. The number of methoxy groups -OCH3 is 1. The van der Waals surface area contributed by atoms with Crippen molar-refractivity contribution in [2.75, 3.05) is 7.11 Å². The summed E-state index contributed by atoms with van der Waals surface area (Å²) in [6.45, 7) is 0.430. The van der Waals surface area contributed by atoms with Gasteiger partial charge in [-0.25, -0.2) is 4.79 Å². The zero-order valence-corrected chi connectivity index (χ0v) is 10.5. The van der Waals surface area contributed by atoms with E-state index in [2.05, 4.69) is 0 Å². The molecule has 0 aliphatic rings. The molecule has 0 saturated carbocycles. The first kappa shape index (κ1) is 11.6. The minimum atomic E-state index is -0.355. The van der Waals surface area contributed by atoms with Gasteiger partial charge in [0, 0.05) is 5.56 Å². The molecule has 0 aliphatic heterocycles. The molecule has 96 valence electrons. The van der Waals surface area contributed by atoms with Crippen molar-refractivity contribution in [2.45, 2.75) is 6.54 Å². The topological polar surface area (TPSA) is 44.4 Å². The Morgan fingerprint density at radius 1 is 1.11 bits per heavy atom. The molecular weight excluding hydrogens is 242 g/mol. The maximum Gasteiger partial charge on any atom is 0.420 e. The van der Waals surface area contributed by atoms with Crippen LogP contribution in [-0.2, 0) is 6.54 Å². The van der Waals surface area contributed by atoms with Crippen LogP contribution in [0, 0.1) is 0 Å². The first-order valence-electron chi connectivity index (χ1n) is 6.00. The molecule has 0 amide bonds. The van der Waals surface area contributed by atoms with Crippen molar-refractivity contribution in [3.05, 3.63) is 64.6 Å². The fourth-order valence-corrected chi connectivity index (χ4v) is 2.17. The maximum absolute atomic E-state index is 11.9. The molecule has 1 aromatic heterocycles. The number of fused-ring (bicyclic) bond motifs is 1. The van der Waals surface area contributed by atoms with E-state index in [1.807, 2.05) is 42.5 Å². The van der Waals surface area contributed by atoms with Gasteiger partial charge in [-0.2, -0.15) is 0 Å². The molecule has 0 fully saturated rings. The van der Waals surface area contributed by atoms with Gasteiger partial charge in [-0.05, 0) is 18.2 Å². The lowest BCUT2D eigenvalue weighted by molar-refractivity contribution is 0.407. The molecule has 0 radical (unpaired) electrons. The molecule has 0 spiro atoms. The number of nitrogens with zero attached hydrogens (tertiary/aromatic N) is 1. The molecule has 3 rings (SSSR count). The van der Waals surface area contributed by atoms with E-state index in [0.29, 0.717) is 12.1 Å². The van der Waals surface area contributed by atoms with Crippen LogP contribution >= 0.6 is 0 Å². The molecule has 4 heteroatoms. The highest BCUT2D eigenvalue weighted by Crippen LogP contribution is 2.20. The van der Waals surface area contributed by atoms with Crippen LogP contribution in [0.3, 0.4) is 0 Å². The van der Waals surface area contributed by atoms with Crippen LogP contribution in [0.1, 0.15) is 5.56 Å². The van der Waals surface area contributed by atoms with Crippen molar-refractivity contribution in [1.82, 2.24) is 4.57 Å². The molecule has 0 N–H and O–H groups in total. The summed E-state index contributed by atoms with van der Waals surface area (Å²) in [5, 5.41) is 0. The summed E-state index contributed by atoms with van der Waals surface area (Å²) in [6.07, 6.45) is 0. The zero-order valence-electron chi connectivity index (χ0n) is 10.5. The zero-order chi connectivity index (χ0) is 13.2. The molecule has 2 aromatic carbocycles. The fourth-order valence-electron chi connectivity index (χ4n) is 2.17. The number of hydrogen-bond donors (Lipinski definition) is 0. The summed E-state index contributed by atoms with van der Waals surface area (Å²) >= 11 is 0. The number of benzene rings is 2. The van der Waals surface area contributed by atoms with Gasteiger partial charge in [0.15, 0.2) is 5.58 Å². The lowest BCUT2D eigenvalue weighted by Gasteiger charge is -2.08. The summed E-state index contributed by atoms with van der Waals surface area (Å²) < 4.78 is 12.1. The van der Waals surface area contributed by atoms with Gasteiger partial charge in [0.05, 0.1) is 19.2 Å². The predicted octanol–water partition coefficient (Wildman–Crippen LogP) is 2.65. The van der Waals surface area contributed by atoms with Gasteiger partial charge < -0.3 is 9.15 Å². The standard InChI is InChI=1S/C15H13NO3/c1-18-13-8-4-2-6-11(13)10-16-12-7-3-5-9-14(12)19-15(16)17/h2-9H,10H2,1H3. The number of para-hydroxylation sites is 3. The lowest BCUT2D eigenvalue weighted by atomic mass is 10.2. The summed E-state index contributed by atoms with van der Waals surface area (Å²) in [4.78, 5) is 11.9. The van der Waals surface area contributed by atoms with E-state index in [0.717, 1.165) is 16.8 Å². The second kappa shape index (κ2) is 4.65. The highest BCUT2D eigenvalue weighted by Gasteiger charge is 2.10. The summed E-state index contributed by atoms with van der Waals surface area (Å²) in [6, 6.07) is 15.0. The van der Waals surface area contributed by atoms with Crippen LogP contribution in [0.25, 0.3) is 11.1 Å². The second-order valence-corrected chi connectivity index (χ2v) is 4.23. The van der Waals surface area contributed by atoms with E-state index in [1.54, 1.807) is 17.7 Å². The molecule has 0 bridgehead atoms. The number of rotatable bonds is 3. The van der Waals surface area contributed by atoms with E-state index in [-0.39, 0.29) is 5.76 Å². The first-order valence-corrected chi connectivity index (χ1v) is 6.00. The van der Waals surface area contributed by atoms with Crippen molar-refractivity contribution in [3.63, 3.8) is 0 Å². The maximum atomic E-state index is 11.9. The molecule has 0 atom stereocenters. The Morgan fingerprint density at radius 3 is 2.68 bits per heavy atom. The highest BCUT2D eigenvalue weighted by atomic mass is 16.5. The average molecular weight is 255 g/mol. The van der Waals surface area contributed by atoms with Gasteiger partial charge in [-0.1, -0.05) is 30.3 Å². The van der Waals surface area contributed by atoms with Crippen molar-refractivity contribution in [2.24, 2.45) is 0 Å². The Kier molecular flexibility index (Phi) is 2.83. The Labute approximate surface area is 109 Å². The van der Waals surface area contributed by atoms with E-state index >= 15 is 0 Å². The Bertz CT molecular complexity index is 770. The molecule has 0 saturated heterocycles. The molecule has 3 aromatic rings. The predicted molar refractivity (Wildman–Crippen MR) is 72.6 cm³/mol. The van der Waals surface area contributed by atoms with Crippen LogP contribution in [0.2, 0.25) is 0 Å². The Hall–Kier alpha value is -2.49. The van der Waals surface area contributed by atoms with E-state index in [1.165, 1.54) is 0 Å². The van der Waals surface area contributed by atoms with Crippen LogP contribution in [0.5, 0.6) is 5.75 Å². The van der Waals surface area contributed by atoms with Crippen molar-refractivity contribution < 1.29 is 9.15 Å². The number of oxazole rings is 1. The van der Waals surface area contributed by atoms with Gasteiger partial charge in [0.1, 0.15) is 5.75 Å². The van der Waals surface area contributed by atoms with Crippen molar-refractivity contribution in [3.8, 4) is 5.75 Å². The van der Waals surface area contributed by atoms with Gasteiger partial charge >= 0.3 is 5.76 Å². The van der Waals surface area contributed by atoms with Crippen LogP contribution < -0.4 is 10.5 Å².